The summed E-state index contributed by atoms with van der Waals surface area (Å²) in [6.07, 6.45) is 1.25. The summed E-state index contributed by atoms with van der Waals surface area (Å²) in [6, 6.07) is 4.88. The summed E-state index contributed by atoms with van der Waals surface area (Å²) >= 11 is 6.27. The molecule has 3 N–H and O–H groups in total. The standard InChI is InChI=1S/C22H23ClFN3O3/c1-11-2-5-26-22-19(11)15(24)10-27(22)16-8-18(21(29)20(16)28)30-17-7-13(23)6-12-3-4-25-9-14(12)17/h2,5-7,10,16,18,20-21,25,28-29H,3-4,8-9H2,1H3/t16-,18+,20+,21-/m1/s1. The minimum Gasteiger partial charge on any atom is -0.487 e. The number of hydrogen-bond donors (Lipinski definition) is 3. The van der Waals surface area contributed by atoms with Crippen LogP contribution in [0.5, 0.6) is 5.75 Å². The number of rotatable bonds is 3. The Hall–Kier alpha value is -2.19. The number of ether oxygens (including phenoxy) is 1. The van der Waals surface area contributed by atoms with Crippen LogP contribution in [0.2, 0.25) is 5.02 Å². The molecule has 0 unspecified atom stereocenters. The summed E-state index contributed by atoms with van der Waals surface area (Å²) in [7, 11) is 0. The molecule has 0 saturated heterocycles. The van der Waals surface area contributed by atoms with E-state index in [-0.39, 0.29) is 0 Å². The third kappa shape index (κ3) is 3.17. The van der Waals surface area contributed by atoms with Gasteiger partial charge in [-0.25, -0.2) is 9.37 Å². The number of nitrogens with one attached hydrogen (secondary N) is 1. The number of pyridine rings is 1. The number of hydrogen-bond acceptors (Lipinski definition) is 5. The van der Waals surface area contributed by atoms with Crippen LogP contribution in [0.15, 0.2) is 30.6 Å². The Morgan fingerprint density at radius 2 is 2.13 bits per heavy atom. The van der Waals surface area contributed by atoms with Gasteiger partial charge in [-0.1, -0.05) is 11.6 Å². The van der Waals surface area contributed by atoms with Crippen molar-refractivity contribution in [3.05, 3.63) is 58.1 Å². The lowest BCUT2D eigenvalue weighted by molar-refractivity contribution is -0.0166. The lowest BCUT2D eigenvalue weighted by Gasteiger charge is -2.24. The number of aliphatic hydroxyl groups excluding tert-OH is 2. The highest BCUT2D eigenvalue weighted by molar-refractivity contribution is 6.30. The average Bonchev–Trinajstić information content (AvgIpc) is 3.20. The zero-order valence-electron chi connectivity index (χ0n) is 16.5. The van der Waals surface area contributed by atoms with Crippen molar-refractivity contribution in [1.29, 1.82) is 0 Å². The predicted octanol–water partition coefficient (Wildman–Crippen LogP) is 2.90. The normalized spacial score (nSPS) is 26.2. The smallest absolute Gasteiger partial charge is 0.150 e. The molecule has 0 radical (unpaired) electrons. The molecule has 1 aromatic carbocycles. The van der Waals surface area contributed by atoms with Crippen LogP contribution in [-0.2, 0) is 13.0 Å². The van der Waals surface area contributed by atoms with Crippen molar-refractivity contribution in [3.63, 3.8) is 0 Å². The Morgan fingerprint density at radius 3 is 2.97 bits per heavy atom. The van der Waals surface area contributed by atoms with Gasteiger partial charge in [-0.15, -0.1) is 0 Å². The average molecular weight is 432 g/mol. The van der Waals surface area contributed by atoms with Gasteiger partial charge in [0.2, 0.25) is 0 Å². The van der Waals surface area contributed by atoms with Gasteiger partial charge < -0.3 is 24.8 Å². The SMILES string of the molecule is Cc1ccnc2c1c(F)cn2[C@@H]1C[C@H](Oc2cc(Cl)cc3c2CNCC3)[C@@H](O)[C@H]1O. The van der Waals surface area contributed by atoms with Gasteiger partial charge in [-0.3, -0.25) is 0 Å². The van der Waals surface area contributed by atoms with Crippen molar-refractivity contribution >= 4 is 22.6 Å². The summed E-state index contributed by atoms with van der Waals surface area (Å²) in [5.41, 5.74) is 3.37. The largest absolute Gasteiger partial charge is 0.487 e. The lowest BCUT2D eigenvalue weighted by Crippen LogP contribution is -2.34. The number of aromatic nitrogens is 2. The second kappa shape index (κ2) is 7.50. The molecule has 0 spiro atoms. The molecule has 1 fully saturated rings. The first-order valence-electron chi connectivity index (χ1n) is 10.1. The van der Waals surface area contributed by atoms with E-state index in [1.165, 1.54) is 6.20 Å². The van der Waals surface area contributed by atoms with E-state index >= 15 is 0 Å². The van der Waals surface area contributed by atoms with Crippen LogP contribution < -0.4 is 10.1 Å². The molecule has 4 atom stereocenters. The summed E-state index contributed by atoms with van der Waals surface area (Å²) in [4.78, 5) is 4.31. The maximum Gasteiger partial charge on any atom is 0.150 e. The predicted molar refractivity (Wildman–Crippen MR) is 111 cm³/mol. The summed E-state index contributed by atoms with van der Waals surface area (Å²) < 4.78 is 22.3. The minimum atomic E-state index is -1.12. The topological polar surface area (TPSA) is 79.5 Å². The van der Waals surface area contributed by atoms with Crippen molar-refractivity contribution in [2.75, 3.05) is 6.54 Å². The maximum atomic E-state index is 14.6. The fourth-order valence-electron chi connectivity index (χ4n) is 4.69. The van der Waals surface area contributed by atoms with Crippen LogP contribution in [0.3, 0.4) is 0 Å². The number of aryl methyl sites for hydroxylation is 1. The van der Waals surface area contributed by atoms with Crippen LogP contribution in [0.25, 0.3) is 11.0 Å². The zero-order chi connectivity index (χ0) is 21.0. The van der Waals surface area contributed by atoms with E-state index < -0.39 is 30.2 Å². The van der Waals surface area contributed by atoms with E-state index in [1.807, 2.05) is 13.0 Å². The summed E-state index contributed by atoms with van der Waals surface area (Å²) in [5.74, 6) is 0.218. The highest BCUT2D eigenvalue weighted by Gasteiger charge is 2.45. The maximum absolute atomic E-state index is 14.6. The van der Waals surface area contributed by atoms with Gasteiger partial charge in [0.05, 0.1) is 11.4 Å². The molecule has 2 aromatic heterocycles. The van der Waals surface area contributed by atoms with Crippen LogP contribution in [-0.4, -0.2) is 44.6 Å². The van der Waals surface area contributed by atoms with Crippen molar-refractivity contribution in [1.82, 2.24) is 14.9 Å². The van der Waals surface area contributed by atoms with Crippen LogP contribution in [0, 0.1) is 12.7 Å². The molecule has 30 heavy (non-hydrogen) atoms. The molecule has 0 bridgehead atoms. The summed E-state index contributed by atoms with van der Waals surface area (Å²) in [6.45, 7) is 3.35. The highest BCUT2D eigenvalue weighted by Crippen LogP contribution is 2.39. The molecule has 3 aromatic rings. The van der Waals surface area contributed by atoms with Crippen LogP contribution >= 0.6 is 11.6 Å². The van der Waals surface area contributed by atoms with E-state index in [4.69, 9.17) is 16.3 Å². The molecule has 1 aliphatic heterocycles. The van der Waals surface area contributed by atoms with E-state index in [1.54, 1.807) is 22.9 Å². The number of fused-ring (bicyclic) bond motifs is 2. The Bertz CT molecular complexity index is 1120. The summed E-state index contributed by atoms with van der Waals surface area (Å²) in [5, 5.41) is 25.8. The van der Waals surface area contributed by atoms with Gasteiger partial charge in [0.15, 0.2) is 5.82 Å². The van der Waals surface area contributed by atoms with Gasteiger partial charge in [-0.05, 0) is 49.2 Å². The minimum absolute atomic E-state index is 0.315. The Morgan fingerprint density at radius 1 is 1.30 bits per heavy atom. The van der Waals surface area contributed by atoms with Gasteiger partial charge >= 0.3 is 0 Å². The van der Waals surface area contributed by atoms with Gasteiger partial charge in [0.1, 0.15) is 29.7 Å². The molecular weight excluding hydrogens is 409 g/mol. The molecular formula is C22H23ClFN3O3. The van der Waals surface area contributed by atoms with Crippen molar-refractivity contribution in [2.45, 2.75) is 50.7 Å². The van der Waals surface area contributed by atoms with Gasteiger partial charge in [0.25, 0.3) is 0 Å². The second-order valence-corrected chi connectivity index (χ2v) is 8.56. The highest BCUT2D eigenvalue weighted by atomic mass is 35.5. The number of aliphatic hydroxyl groups is 2. The zero-order valence-corrected chi connectivity index (χ0v) is 17.2. The molecule has 1 saturated carbocycles. The second-order valence-electron chi connectivity index (χ2n) is 8.12. The quantitative estimate of drug-likeness (QED) is 0.594. The van der Waals surface area contributed by atoms with Gasteiger partial charge in [0, 0.05) is 35.9 Å². The Balaban J connectivity index is 1.47. The molecule has 6 nitrogen and oxygen atoms in total. The van der Waals surface area contributed by atoms with E-state index in [9.17, 15) is 14.6 Å². The molecule has 3 heterocycles. The van der Waals surface area contributed by atoms with Crippen molar-refractivity contribution in [3.8, 4) is 5.75 Å². The first-order valence-corrected chi connectivity index (χ1v) is 10.5. The molecule has 0 amide bonds. The number of benzene rings is 1. The molecule has 1 aliphatic carbocycles. The van der Waals surface area contributed by atoms with E-state index in [2.05, 4.69) is 10.3 Å². The number of halogens is 2. The molecule has 2 aliphatic rings. The first-order chi connectivity index (χ1) is 14.4. The van der Waals surface area contributed by atoms with Gasteiger partial charge in [-0.2, -0.15) is 0 Å². The molecule has 8 heteroatoms. The van der Waals surface area contributed by atoms with E-state index in [0.717, 1.165) is 29.7 Å². The van der Waals surface area contributed by atoms with Crippen molar-refractivity contribution in [2.24, 2.45) is 0 Å². The monoisotopic (exact) mass is 431 g/mol. The van der Waals surface area contributed by atoms with Crippen molar-refractivity contribution < 1.29 is 19.3 Å². The Kier molecular flexibility index (Phi) is 4.94. The van der Waals surface area contributed by atoms with E-state index in [0.29, 0.717) is 34.8 Å². The molecule has 5 rings (SSSR count). The third-order valence-electron chi connectivity index (χ3n) is 6.25. The fraction of sp³-hybridized carbons (Fsp3) is 0.409. The lowest BCUT2D eigenvalue weighted by atomic mass is 10.00. The fourth-order valence-corrected chi connectivity index (χ4v) is 4.92. The first kappa shape index (κ1) is 19.8. The Labute approximate surface area is 178 Å². The van der Waals surface area contributed by atoms with Crippen LogP contribution in [0.1, 0.15) is 29.2 Å². The molecule has 158 valence electrons. The number of nitrogens with zero attached hydrogens (tertiary/aromatic N) is 2. The third-order valence-corrected chi connectivity index (χ3v) is 6.47. The van der Waals surface area contributed by atoms with Crippen LogP contribution in [0.4, 0.5) is 4.39 Å².